The summed E-state index contributed by atoms with van der Waals surface area (Å²) in [5.74, 6) is 0.880. The Morgan fingerprint density at radius 2 is 2.29 bits per heavy atom. The average molecular weight is 245 g/mol. The first-order chi connectivity index (χ1) is 8.22. The number of anilines is 1. The van der Waals surface area contributed by atoms with Crippen LogP contribution in [-0.2, 0) is 6.42 Å². The monoisotopic (exact) mass is 245 g/mol. The smallest absolute Gasteiger partial charge is 0.180 e. The second-order valence-electron chi connectivity index (χ2n) is 3.90. The molecule has 0 unspecified atom stereocenters. The Bertz CT molecular complexity index is 669. The van der Waals surface area contributed by atoms with Gasteiger partial charge in [0.25, 0.3) is 0 Å². The quantitative estimate of drug-likeness (QED) is 0.745. The minimum absolute atomic E-state index is 0.588. The summed E-state index contributed by atoms with van der Waals surface area (Å²) in [6, 6.07) is 4.04. The van der Waals surface area contributed by atoms with E-state index in [0.717, 1.165) is 17.2 Å². The molecule has 0 amide bonds. The number of thiazole rings is 1. The summed E-state index contributed by atoms with van der Waals surface area (Å²) in [5, 5.41) is 10.9. The highest BCUT2D eigenvalue weighted by atomic mass is 32.1. The Labute approximate surface area is 102 Å². The Kier molecular flexibility index (Phi) is 2.29. The maximum Gasteiger partial charge on any atom is 0.180 e. The van der Waals surface area contributed by atoms with Gasteiger partial charge in [-0.1, -0.05) is 0 Å². The fraction of sp³-hybridized carbons (Fsp3) is 0.182. The molecule has 5 nitrogen and oxygen atoms in total. The molecule has 0 saturated heterocycles. The fourth-order valence-corrected chi connectivity index (χ4v) is 2.29. The minimum atomic E-state index is 0.588. The van der Waals surface area contributed by atoms with Gasteiger partial charge < -0.3 is 5.73 Å². The van der Waals surface area contributed by atoms with Crippen LogP contribution in [0.2, 0.25) is 0 Å². The highest BCUT2D eigenvalue weighted by Gasteiger charge is 2.08. The number of hydrogen-bond donors (Lipinski definition) is 1. The summed E-state index contributed by atoms with van der Waals surface area (Å²) in [6.07, 6.45) is 2.63. The van der Waals surface area contributed by atoms with Gasteiger partial charge in [0.1, 0.15) is 5.82 Å². The second kappa shape index (κ2) is 3.81. The molecule has 17 heavy (non-hydrogen) atoms. The van der Waals surface area contributed by atoms with E-state index in [9.17, 15) is 0 Å². The third-order valence-electron chi connectivity index (χ3n) is 2.54. The molecule has 0 aliphatic carbocycles. The molecule has 3 rings (SSSR count). The molecule has 6 heteroatoms. The summed E-state index contributed by atoms with van der Waals surface area (Å²) in [4.78, 5) is 4.23. The molecular formula is C11H11N5S. The Morgan fingerprint density at radius 1 is 1.41 bits per heavy atom. The molecule has 3 aromatic rings. The van der Waals surface area contributed by atoms with Gasteiger partial charge in [0.05, 0.1) is 12.1 Å². The lowest BCUT2D eigenvalue weighted by Gasteiger charge is -1.98. The zero-order valence-corrected chi connectivity index (χ0v) is 10.1. The van der Waals surface area contributed by atoms with Gasteiger partial charge in [-0.05, 0) is 24.6 Å². The minimum Gasteiger partial charge on any atom is -0.375 e. The molecule has 0 atom stereocenters. The third kappa shape index (κ3) is 1.87. The molecule has 0 aliphatic heterocycles. The Morgan fingerprint density at radius 3 is 3.06 bits per heavy atom. The van der Waals surface area contributed by atoms with Gasteiger partial charge in [0.2, 0.25) is 0 Å². The van der Waals surface area contributed by atoms with Crippen molar-refractivity contribution < 1.29 is 0 Å². The molecule has 86 valence electrons. The highest BCUT2D eigenvalue weighted by molar-refractivity contribution is 7.13. The van der Waals surface area contributed by atoms with Crippen LogP contribution in [0.5, 0.6) is 0 Å². The summed E-state index contributed by atoms with van der Waals surface area (Å²) in [5.41, 5.74) is 8.58. The molecule has 2 N–H and O–H groups in total. The molecule has 0 bridgehead atoms. The van der Waals surface area contributed by atoms with E-state index < -0.39 is 0 Å². The number of nitrogens with two attached hydrogens (primary N) is 1. The highest BCUT2D eigenvalue weighted by Crippen LogP contribution is 2.15. The second-order valence-corrected chi connectivity index (χ2v) is 4.79. The van der Waals surface area contributed by atoms with E-state index in [1.807, 2.05) is 35.0 Å². The molecule has 3 aromatic heterocycles. The number of fused-ring (bicyclic) bond motifs is 1. The molecule has 0 radical (unpaired) electrons. The standard InChI is InChI=1S/C11H11N5S/c1-7-2-3-16-9(4-7)14-15-10(16)5-8-6-17-11(12)13-8/h2-4,6H,5H2,1H3,(H2,12,13). The predicted molar refractivity (Wildman–Crippen MR) is 67.1 cm³/mol. The Balaban J connectivity index is 2.00. The number of aromatic nitrogens is 4. The van der Waals surface area contributed by atoms with Crippen LogP contribution in [-0.4, -0.2) is 19.6 Å². The van der Waals surface area contributed by atoms with Gasteiger partial charge >= 0.3 is 0 Å². The fourth-order valence-electron chi connectivity index (χ4n) is 1.73. The summed E-state index contributed by atoms with van der Waals surface area (Å²) >= 11 is 1.44. The van der Waals surface area contributed by atoms with Crippen molar-refractivity contribution in [1.82, 2.24) is 19.6 Å². The van der Waals surface area contributed by atoms with Crippen molar-refractivity contribution in [3.8, 4) is 0 Å². The van der Waals surface area contributed by atoms with Crippen LogP contribution in [0.25, 0.3) is 5.65 Å². The van der Waals surface area contributed by atoms with E-state index in [0.29, 0.717) is 11.6 Å². The molecule has 0 saturated carbocycles. The largest absolute Gasteiger partial charge is 0.375 e. The van der Waals surface area contributed by atoms with Crippen LogP contribution in [0.4, 0.5) is 5.13 Å². The van der Waals surface area contributed by atoms with Gasteiger partial charge in [-0.3, -0.25) is 4.40 Å². The maximum absolute atomic E-state index is 5.60. The van der Waals surface area contributed by atoms with E-state index in [4.69, 9.17) is 5.73 Å². The third-order valence-corrected chi connectivity index (χ3v) is 3.27. The van der Waals surface area contributed by atoms with E-state index in [2.05, 4.69) is 15.2 Å². The number of aryl methyl sites for hydroxylation is 1. The first-order valence-electron chi connectivity index (χ1n) is 5.22. The number of rotatable bonds is 2. The first kappa shape index (κ1) is 10.2. The summed E-state index contributed by atoms with van der Waals surface area (Å²) in [6.45, 7) is 2.04. The van der Waals surface area contributed by atoms with Gasteiger partial charge in [0.15, 0.2) is 10.8 Å². The summed E-state index contributed by atoms with van der Waals surface area (Å²) < 4.78 is 1.97. The van der Waals surface area contributed by atoms with Crippen LogP contribution in [0.1, 0.15) is 17.1 Å². The zero-order chi connectivity index (χ0) is 11.8. The maximum atomic E-state index is 5.60. The lowest BCUT2D eigenvalue weighted by molar-refractivity contribution is 0.916. The summed E-state index contributed by atoms with van der Waals surface area (Å²) in [7, 11) is 0. The van der Waals surface area contributed by atoms with Crippen LogP contribution < -0.4 is 5.73 Å². The molecule has 0 aliphatic rings. The normalized spacial score (nSPS) is 11.1. The molecular weight excluding hydrogens is 234 g/mol. The molecule has 3 heterocycles. The van der Waals surface area contributed by atoms with Gasteiger partial charge in [0, 0.05) is 11.6 Å². The Hall–Kier alpha value is -1.95. The van der Waals surface area contributed by atoms with Crippen molar-refractivity contribution in [2.75, 3.05) is 5.73 Å². The van der Waals surface area contributed by atoms with Crippen LogP contribution in [0.3, 0.4) is 0 Å². The lowest BCUT2D eigenvalue weighted by Crippen LogP contribution is -1.97. The SMILES string of the molecule is Cc1ccn2c(Cc3csc(N)n3)nnc2c1. The van der Waals surface area contributed by atoms with Crippen LogP contribution in [0, 0.1) is 6.92 Å². The van der Waals surface area contributed by atoms with Crippen LogP contribution >= 0.6 is 11.3 Å². The molecule has 0 aromatic carbocycles. The van der Waals surface area contributed by atoms with E-state index in [1.54, 1.807) is 0 Å². The average Bonchev–Trinajstić information content (AvgIpc) is 2.86. The van der Waals surface area contributed by atoms with Gasteiger partial charge in [-0.25, -0.2) is 4.98 Å². The first-order valence-corrected chi connectivity index (χ1v) is 6.10. The number of nitrogen functional groups attached to an aromatic ring is 1. The lowest BCUT2D eigenvalue weighted by atomic mass is 10.3. The van der Waals surface area contributed by atoms with Gasteiger partial charge in [-0.15, -0.1) is 21.5 Å². The molecule has 0 fully saturated rings. The molecule has 0 spiro atoms. The van der Waals surface area contributed by atoms with Crippen LogP contribution in [0.15, 0.2) is 23.7 Å². The van der Waals surface area contributed by atoms with Crippen molar-refractivity contribution >= 4 is 22.1 Å². The van der Waals surface area contributed by atoms with Crippen molar-refractivity contribution in [2.45, 2.75) is 13.3 Å². The zero-order valence-electron chi connectivity index (χ0n) is 9.29. The topological polar surface area (TPSA) is 69.1 Å². The van der Waals surface area contributed by atoms with Crippen molar-refractivity contribution in [3.63, 3.8) is 0 Å². The number of hydrogen-bond acceptors (Lipinski definition) is 5. The van der Waals surface area contributed by atoms with Gasteiger partial charge in [-0.2, -0.15) is 0 Å². The van der Waals surface area contributed by atoms with E-state index in [-0.39, 0.29) is 0 Å². The van der Waals surface area contributed by atoms with Crippen molar-refractivity contribution in [2.24, 2.45) is 0 Å². The predicted octanol–water partition coefficient (Wildman–Crippen LogP) is 1.67. The number of pyridine rings is 1. The number of nitrogens with zero attached hydrogens (tertiary/aromatic N) is 4. The van der Waals surface area contributed by atoms with E-state index in [1.165, 1.54) is 16.9 Å². The van der Waals surface area contributed by atoms with Crippen molar-refractivity contribution in [3.05, 3.63) is 40.8 Å². The van der Waals surface area contributed by atoms with Crippen molar-refractivity contribution in [1.29, 1.82) is 0 Å². The van der Waals surface area contributed by atoms with E-state index >= 15 is 0 Å².